The van der Waals surface area contributed by atoms with Crippen LogP contribution in [0.25, 0.3) is 0 Å². The standard InChI is InChI=1S/C21H20FN5O/c22-17-8-6-15(7-9-17)12-23-26-21-24-19-10-11-27(14-18(19)20(28)25-21)13-16-4-2-1-3-5-16/h1-9,12H,10-11,13-14H2,(H2,24,25,26,28)/b23-12-. The SMILES string of the molecule is O=c1[nH]c(N/N=C\c2ccc(F)cc2)nc2c1CN(Cc1ccccc1)CC2. The summed E-state index contributed by atoms with van der Waals surface area (Å²) in [5.41, 5.74) is 6.06. The fourth-order valence-corrected chi connectivity index (χ4v) is 3.23. The Kier molecular flexibility index (Phi) is 5.25. The number of fused-ring (bicyclic) bond motifs is 1. The van der Waals surface area contributed by atoms with Gasteiger partial charge in [-0.2, -0.15) is 5.10 Å². The van der Waals surface area contributed by atoms with Crippen molar-refractivity contribution < 1.29 is 4.39 Å². The van der Waals surface area contributed by atoms with Crippen molar-refractivity contribution in [3.63, 3.8) is 0 Å². The first-order chi connectivity index (χ1) is 13.7. The molecule has 3 aromatic rings. The first-order valence-corrected chi connectivity index (χ1v) is 9.10. The van der Waals surface area contributed by atoms with Crippen LogP contribution in [0.4, 0.5) is 10.3 Å². The first kappa shape index (κ1) is 18.1. The smallest absolute Gasteiger partial charge is 0.257 e. The van der Waals surface area contributed by atoms with Gasteiger partial charge in [-0.3, -0.25) is 14.7 Å². The van der Waals surface area contributed by atoms with Crippen molar-refractivity contribution in [2.24, 2.45) is 5.10 Å². The van der Waals surface area contributed by atoms with Gasteiger partial charge >= 0.3 is 0 Å². The van der Waals surface area contributed by atoms with Crippen LogP contribution in [0.5, 0.6) is 0 Å². The van der Waals surface area contributed by atoms with E-state index in [-0.39, 0.29) is 11.4 Å². The van der Waals surface area contributed by atoms with E-state index in [2.05, 4.69) is 37.5 Å². The van der Waals surface area contributed by atoms with E-state index in [1.165, 1.54) is 17.7 Å². The highest BCUT2D eigenvalue weighted by Gasteiger charge is 2.21. The molecular formula is C21H20FN5O. The highest BCUT2D eigenvalue weighted by atomic mass is 19.1. The highest BCUT2D eigenvalue weighted by molar-refractivity contribution is 5.79. The highest BCUT2D eigenvalue weighted by Crippen LogP contribution is 2.17. The lowest BCUT2D eigenvalue weighted by atomic mass is 10.1. The summed E-state index contributed by atoms with van der Waals surface area (Å²) in [5.74, 6) is 0.00530. The maximum Gasteiger partial charge on any atom is 0.257 e. The number of hydrogen-bond acceptors (Lipinski definition) is 5. The first-order valence-electron chi connectivity index (χ1n) is 9.10. The Hall–Kier alpha value is -3.32. The average Bonchev–Trinajstić information content (AvgIpc) is 2.71. The zero-order valence-corrected chi connectivity index (χ0v) is 15.2. The van der Waals surface area contributed by atoms with E-state index in [1.54, 1.807) is 18.3 Å². The monoisotopic (exact) mass is 377 g/mol. The van der Waals surface area contributed by atoms with Crippen molar-refractivity contribution in [2.45, 2.75) is 19.5 Å². The number of hydrazone groups is 1. The zero-order valence-electron chi connectivity index (χ0n) is 15.2. The minimum atomic E-state index is -0.299. The molecule has 1 aromatic heterocycles. The van der Waals surface area contributed by atoms with E-state index in [9.17, 15) is 9.18 Å². The van der Waals surface area contributed by atoms with Crippen LogP contribution in [-0.4, -0.2) is 27.6 Å². The van der Waals surface area contributed by atoms with Gasteiger partial charge in [-0.05, 0) is 23.3 Å². The van der Waals surface area contributed by atoms with Gasteiger partial charge in [0.1, 0.15) is 5.82 Å². The quantitative estimate of drug-likeness (QED) is 0.530. The summed E-state index contributed by atoms with van der Waals surface area (Å²) in [6, 6.07) is 16.2. The molecule has 7 heteroatoms. The summed E-state index contributed by atoms with van der Waals surface area (Å²) in [6.07, 6.45) is 2.25. The molecule has 0 amide bonds. The largest absolute Gasteiger partial charge is 0.294 e. The molecule has 2 heterocycles. The molecule has 4 rings (SSSR count). The molecule has 0 saturated heterocycles. The number of aromatic nitrogens is 2. The lowest BCUT2D eigenvalue weighted by Crippen LogP contribution is -2.35. The fourth-order valence-electron chi connectivity index (χ4n) is 3.23. The second kappa shape index (κ2) is 8.14. The fraction of sp³-hybridized carbons (Fsp3) is 0.190. The molecule has 28 heavy (non-hydrogen) atoms. The number of hydrogen-bond donors (Lipinski definition) is 2. The summed E-state index contributed by atoms with van der Waals surface area (Å²) in [7, 11) is 0. The van der Waals surface area contributed by atoms with E-state index >= 15 is 0 Å². The third-order valence-corrected chi connectivity index (χ3v) is 4.65. The predicted octanol–water partition coefficient (Wildman–Crippen LogP) is 2.91. The molecule has 142 valence electrons. The molecule has 0 aliphatic carbocycles. The van der Waals surface area contributed by atoms with Crippen LogP contribution in [-0.2, 0) is 19.5 Å². The lowest BCUT2D eigenvalue weighted by Gasteiger charge is -2.27. The summed E-state index contributed by atoms with van der Waals surface area (Å²) in [5, 5.41) is 4.06. The third kappa shape index (κ3) is 4.32. The van der Waals surface area contributed by atoms with Crippen molar-refractivity contribution in [3.8, 4) is 0 Å². The predicted molar refractivity (Wildman–Crippen MR) is 107 cm³/mol. The molecule has 1 aliphatic rings. The zero-order chi connectivity index (χ0) is 19.3. The van der Waals surface area contributed by atoms with Crippen molar-refractivity contribution in [1.82, 2.24) is 14.9 Å². The minimum absolute atomic E-state index is 0.151. The third-order valence-electron chi connectivity index (χ3n) is 4.65. The van der Waals surface area contributed by atoms with Crippen LogP contribution in [0.1, 0.15) is 22.4 Å². The van der Waals surface area contributed by atoms with Crippen LogP contribution < -0.4 is 11.0 Å². The van der Waals surface area contributed by atoms with E-state index in [0.29, 0.717) is 24.5 Å². The molecule has 0 atom stereocenters. The van der Waals surface area contributed by atoms with Crippen molar-refractivity contribution in [1.29, 1.82) is 0 Å². The van der Waals surface area contributed by atoms with Gasteiger partial charge in [-0.15, -0.1) is 0 Å². The molecule has 0 unspecified atom stereocenters. The average molecular weight is 377 g/mol. The number of benzene rings is 2. The molecule has 1 aliphatic heterocycles. The molecule has 0 bridgehead atoms. The number of H-pyrrole nitrogens is 1. The summed E-state index contributed by atoms with van der Waals surface area (Å²) < 4.78 is 12.9. The minimum Gasteiger partial charge on any atom is -0.294 e. The van der Waals surface area contributed by atoms with Gasteiger partial charge in [0, 0.05) is 26.1 Å². The Balaban J connectivity index is 1.44. The van der Waals surface area contributed by atoms with E-state index in [4.69, 9.17) is 0 Å². The van der Waals surface area contributed by atoms with E-state index in [1.807, 2.05) is 18.2 Å². The molecule has 0 saturated carbocycles. The van der Waals surface area contributed by atoms with Crippen molar-refractivity contribution >= 4 is 12.2 Å². The molecule has 0 spiro atoms. The number of rotatable bonds is 5. The van der Waals surface area contributed by atoms with Gasteiger partial charge in [0.15, 0.2) is 0 Å². The molecular weight excluding hydrogens is 357 g/mol. The number of nitrogens with one attached hydrogen (secondary N) is 2. The van der Waals surface area contributed by atoms with E-state index in [0.717, 1.165) is 24.3 Å². The molecule has 2 aromatic carbocycles. The number of anilines is 1. The second-order valence-electron chi connectivity index (χ2n) is 6.71. The number of nitrogens with zero attached hydrogens (tertiary/aromatic N) is 3. The summed E-state index contributed by atoms with van der Waals surface area (Å²) in [4.78, 5) is 22.0. The summed E-state index contributed by atoms with van der Waals surface area (Å²) >= 11 is 0. The Bertz CT molecular complexity index is 1030. The normalized spacial score (nSPS) is 14.2. The number of aromatic amines is 1. The van der Waals surface area contributed by atoms with Gasteiger partial charge < -0.3 is 0 Å². The summed E-state index contributed by atoms with van der Waals surface area (Å²) in [6.45, 7) is 2.23. The Morgan fingerprint density at radius 2 is 1.96 bits per heavy atom. The van der Waals surface area contributed by atoms with Crippen LogP contribution in [0.3, 0.4) is 0 Å². The Morgan fingerprint density at radius 1 is 1.18 bits per heavy atom. The molecule has 6 nitrogen and oxygen atoms in total. The number of halogens is 1. The van der Waals surface area contributed by atoms with Crippen LogP contribution in [0.2, 0.25) is 0 Å². The molecule has 2 N–H and O–H groups in total. The molecule has 0 radical (unpaired) electrons. The maximum absolute atomic E-state index is 12.9. The Labute approximate surface area is 161 Å². The van der Waals surface area contributed by atoms with E-state index < -0.39 is 0 Å². The van der Waals surface area contributed by atoms with Crippen LogP contribution >= 0.6 is 0 Å². The van der Waals surface area contributed by atoms with Gasteiger partial charge in [0.2, 0.25) is 5.95 Å². The van der Waals surface area contributed by atoms with Crippen molar-refractivity contribution in [2.75, 3.05) is 12.0 Å². The van der Waals surface area contributed by atoms with Crippen LogP contribution in [0, 0.1) is 5.82 Å². The van der Waals surface area contributed by atoms with Gasteiger partial charge in [0.05, 0.1) is 17.5 Å². The second-order valence-corrected chi connectivity index (χ2v) is 6.71. The van der Waals surface area contributed by atoms with Crippen molar-refractivity contribution in [3.05, 3.63) is 93.2 Å². The maximum atomic E-state index is 12.9. The van der Waals surface area contributed by atoms with Gasteiger partial charge in [-0.25, -0.2) is 14.8 Å². The topological polar surface area (TPSA) is 73.4 Å². The Morgan fingerprint density at radius 3 is 2.75 bits per heavy atom. The molecule has 0 fully saturated rings. The van der Waals surface area contributed by atoms with Crippen LogP contribution in [0.15, 0.2) is 64.5 Å². The lowest BCUT2D eigenvalue weighted by molar-refractivity contribution is 0.242. The van der Waals surface area contributed by atoms with Gasteiger partial charge in [0.25, 0.3) is 5.56 Å². The van der Waals surface area contributed by atoms with Gasteiger partial charge in [-0.1, -0.05) is 42.5 Å².